The van der Waals surface area contributed by atoms with Gasteiger partial charge in [-0.25, -0.2) is 4.68 Å². The van der Waals surface area contributed by atoms with Crippen LogP contribution in [0.3, 0.4) is 0 Å². The standard InChI is InChI=1S/C20H27N5O2/c1-20(2)14-27-18(15-6-4-3-5-7-15)13-24(20)19(26)17-12-25(23-22-17)16-8-10-21-11-9-16/h3-7,12,16,18,21H,8-11,13-14H2,1-2H3. The Labute approximate surface area is 159 Å². The number of hydrogen-bond donors (Lipinski definition) is 1. The minimum atomic E-state index is -0.388. The summed E-state index contributed by atoms with van der Waals surface area (Å²) in [6.07, 6.45) is 3.70. The summed E-state index contributed by atoms with van der Waals surface area (Å²) in [6, 6.07) is 10.4. The van der Waals surface area contributed by atoms with E-state index in [2.05, 4.69) is 15.6 Å². The SMILES string of the molecule is CC1(C)COC(c2ccccc2)CN1C(=O)c1cn(C2CCNCC2)nn1. The molecule has 2 aliphatic rings. The van der Waals surface area contributed by atoms with Crippen LogP contribution < -0.4 is 5.32 Å². The Morgan fingerprint density at radius 1 is 1.22 bits per heavy atom. The molecule has 0 radical (unpaired) electrons. The lowest BCUT2D eigenvalue weighted by atomic mass is 9.97. The first-order valence-corrected chi connectivity index (χ1v) is 9.66. The zero-order chi connectivity index (χ0) is 18.9. The van der Waals surface area contributed by atoms with E-state index in [-0.39, 0.29) is 17.6 Å². The van der Waals surface area contributed by atoms with Gasteiger partial charge in [0.15, 0.2) is 5.69 Å². The van der Waals surface area contributed by atoms with Crippen LogP contribution in [0.2, 0.25) is 0 Å². The summed E-state index contributed by atoms with van der Waals surface area (Å²) in [5.41, 5.74) is 1.11. The Bertz CT molecular complexity index is 783. The van der Waals surface area contributed by atoms with Crippen LogP contribution >= 0.6 is 0 Å². The second kappa shape index (κ2) is 7.40. The third-order valence-corrected chi connectivity index (χ3v) is 5.55. The topological polar surface area (TPSA) is 72.3 Å². The molecule has 0 saturated carbocycles. The fourth-order valence-corrected chi connectivity index (χ4v) is 3.84. The van der Waals surface area contributed by atoms with Gasteiger partial charge in [0.25, 0.3) is 5.91 Å². The normalized spacial score (nSPS) is 23.3. The van der Waals surface area contributed by atoms with E-state index in [1.807, 2.05) is 53.8 Å². The smallest absolute Gasteiger partial charge is 0.276 e. The summed E-state index contributed by atoms with van der Waals surface area (Å²) in [5, 5.41) is 11.8. The van der Waals surface area contributed by atoms with Crippen molar-refractivity contribution in [3.63, 3.8) is 0 Å². The average Bonchev–Trinajstić information content (AvgIpc) is 3.19. The molecule has 1 N–H and O–H groups in total. The highest BCUT2D eigenvalue weighted by Crippen LogP contribution is 2.31. The van der Waals surface area contributed by atoms with Gasteiger partial charge < -0.3 is 15.0 Å². The maximum atomic E-state index is 13.2. The Hall–Kier alpha value is -2.25. The van der Waals surface area contributed by atoms with Crippen LogP contribution in [-0.2, 0) is 4.74 Å². The highest BCUT2D eigenvalue weighted by molar-refractivity contribution is 5.92. The summed E-state index contributed by atoms with van der Waals surface area (Å²) in [5.74, 6) is -0.0792. The number of benzene rings is 1. The summed E-state index contributed by atoms with van der Waals surface area (Å²) in [4.78, 5) is 15.1. The van der Waals surface area contributed by atoms with Gasteiger partial charge in [-0.3, -0.25) is 4.79 Å². The second-order valence-electron chi connectivity index (χ2n) is 8.00. The molecule has 2 saturated heterocycles. The van der Waals surface area contributed by atoms with Crippen molar-refractivity contribution in [2.45, 2.75) is 44.4 Å². The fourth-order valence-electron chi connectivity index (χ4n) is 3.84. The molecule has 1 aromatic carbocycles. The van der Waals surface area contributed by atoms with Crippen molar-refractivity contribution in [3.05, 3.63) is 47.8 Å². The van der Waals surface area contributed by atoms with E-state index in [4.69, 9.17) is 4.74 Å². The Kier molecular flexibility index (Phi) is 4.97. The number of aromatic nitrogens is 3. The van der Waals surface area contributed by atoms with Crippen LogP contribution in [0.1, 0.15) is 54.9 Å². The molecule has 2 fully saturated rings. The number of rotatable bonds is 3. The number of hydrogen-bond acceptors (Lipinski definition) is 5. The Morgan fingerprint density at radius 3 is 2.70 bits per heavy atom. The molecular weight excluding hydrogens is 342 g/mol. The first-order chi connectivity index (χ1) is 13.0. The Morgan fingerprint density at radius 2 is 1.96 bits per heavy atom. The van der Waals surface area contributed by atoms with Gasteiger partial charge in [0.05, 0.1) is 30.9 Å². The van der Waals surface area contributed by atoms with E-state index in [1.54, 1.807) is 6.20 Å². The monoisotopic (exact) mass is 369 g/mol. The largest absolute Gasteiger partial charge is 0.369 e. The number of morpholine rings is 1. The molecule has 4 rings (SSSR count). The van der Waals surface area contributed by atoms with Gasteiger partial charge in [0.2, 0.25) is 0 Å². The van der Waals surface area contributed by atoms with Crippen LogP contribution in [0, 0.1) is 0 Å². The molecule has 0 spiro atoms. The lowest BCUT2D eigenvalue weighted by Crippen LogP contribution is -2.56. The molecule has 1 atom stereocenters. The van der Waals surface area contributed by atoms with Gasteiger partial charge >= 0.3 is 0 Å². The Balaban J connectivity index is 1.53. The van der Waals surface area contributed by atoms with Gasteiger partial charge in [-0.2, -0.15) is 0 Å². The van der Waals surface area contributed by atoms with Crippen molar-refractivity contribution in [3.8, 4) is 0 Å². The molecule has 144 valence electrons. The quantitative estimate of drug-likeness (QED) is 0.898. The van der Waals surface area contributed by atoms with E-state index in [9.17, 15) is 4.79 Å². The summed E-state index contributed by atoms with van der Waals surface area (Å²) >= 11 is 0. The maximum Gasteiger partial charge on any atom is 0.276 e. The van der Waals surface area contributed by atoms with Gasteiger partial charge in [-0.05, 0) is 45.3 Å². The number of amides is 1. The van der Waals surface area contributed by atoms with E-state index in [1.165, 1.54) is 0 Å². The predicted octanol–water partition coefficient (Wildman–Crippen LogP) is 2.19. The predicted molar refractivity (Wildman–Crippen MR) is 101 cm³/mol. The lowest BCUT2D eigenvalue weighted by molar-refractivity contribution is -0.0848. The van der Waals surface area contributed by atoms with E-state index in [0.29, 0.717) is 24.9 Å². The van der Waals surface area contributed by atoms with Crippen molar-refractivity contribution in [1.29, 1.82) is 0 Å². The van der Waals surface area contributed by atoms with Crippen LogP contribution in [0.4, 0.5) is 0 Å². The third-order valence-electron chi connectivity index (χ3n) is 5.55. The molecular formula is C20H27N5O2. The molecule has 7 nitrogen and oxygen atoms in total. The molecule has 1 aromatic heterocycles. The number of carbonyl (C=O) groups is 1. The van der Waals surface area contributed by atoms with Crippen molar-refractivity contribution < 1.29 is 9.53 Å². The van der Waals surface area contributed by atoms with Crippen LogP contribution in [0.25, 0.3) is 0 Å². The van der Waals surface area contributed by atoms with Crippen LogP contribution in [0.5, 0.6) is 0 Å². The number of carbonyl (C=O) groups excluding carboxylic acids is 1. The second-order valence-corrected chi connectivity index (χ2v) is 8.00. The summed E-state index contributed by atoms with van der Waals surface area (Å²) < 4.78 is 7.91. The van der Waals surface area contributed by atoms with Crippen molar-refractivity contribution >= 4 is 5.91 Å². The molecule has 1 amide bonds. The van der Waals surface area contributed by atoms with Gasteiger partial charge in [0, 0.05) is 0 Å². The minimum Gasteiger partial charge on any atom is -0.369 e. The van der Waals surface area contributed by atoms with E-state index >= 15 is 0 Å². The first kappa shape index (κ1) is 18.1. The van der Waals surface area contributed by atoms with Gasteiger partial charge in [-0.1, -0.05) is 35.5 Å². The zero-order valence-electron chi connectivity index (χ0n) is 16.0. The highest BCUT2D eigenvalue weighted by Gasteiger charge is 2.39. The number of nitrogens with zero attached hydrogens (tertiary/aromatic N) is 4. The molecule has 2 aliphatic heterocycles. The molecule has 1 unspecified atom stereocenters. The minimum absolute atomic E-state index is 0.0792. The summed E-state index contributed by atoms with van der Waals surface area (Å²) in [7, 11) is 0. The molecule has 7 heteroatoms. The van der Waals surface area contributed by atoms with Crippen molar-refractivity contribution in [2.75, 3.05) is 26.2 Å². The average molecular weight is 369 g/mol. The number of nitrogens with one attached hydrogen (secondary N) is 1. The number of piperidine rings is 1. The molecule has 2 aromatic rings. The molecule has 0 bridgehead atoms. The summed E-state index contributed by atoms with van der Waals surface area (Å²) in [6.45, 7) is 7.01. The van der Waals surface area contributed by atoms with Gasteiger partial charge in [-0.15, -0.1) is 5.10 Å². The van der Waals surface area contributed by atoms with Crippen molar-refractivity contribution in [1.82, 2.24) is 25.2 Å². The molecule has 0 aliphatic carbocycles. The zero-order valence-corrected chi connectivity index (χ0v) is 16.0. The van der Waals surface area contributed by atoms with Crippen molar-refractivity contribution in [2.24, 2.45) is 0 Å². The highest BCUT2D eigenvalue weighted by atomic mass is 16.5. The molecule has 27 heavy (non-hydrogen) atoms. The van der Waals surface area contributed by atoms with E-state index in [0.717, 1.165) is 31.5 Å². The number of ether oxygens (including phenoxy) is 1. The van der Waals surface area contributed by atoms with Crippen LogP contribution in [-0.4, -0.2) is 57.6 Å². The van der Waals surface area contributed by atoms with Crippen LogP contribution in [0.15, 0.2) is 36.5 Å². The fraction of sp³-hybridized carbons (Fsp3) is 0.550. The lowest BCUT2D eigenvalue weighted by Gasteiger charge is -2.45. The first-order valence-electron chi connectivity index (χ1n) is 9.66. The third kappa shape index (κ3) is 3.75. The van der Waals surface area contributed by atoms with E-state index < -0.39 is 0 Å². The maximum absolute atomic E-state index is 13.2. The van der Waals surface area contributed by atoms with Gasteiger partial charge in [0.1, 0.15) is 6.10 Å². The molecule has 3 heterocycles.